The van der Waals surface area contributed by atoms with Crippen LogP contribution in [-0.2, 0) is 68.3 Å². The van der Waals surface area contributed by atoms with Crippen molar-refractivity contribution in [3.05, 3.63) is 65.7 Å². The van der Waals surface area contributed by atoms with Crippen LogP contribution in [0.1, 0.15) is 51.7 Å². The van der Waals surface area contributed by atoms with Crippen LogP contribution in [0, 0.1) is 10.8 Å². The fraction of sp³-hybridized carbons (Fsp3) is 0.672. The topological polar surface area (TPSA) is 532 Å². The summed E-state index contributed by atoms with van der Waals surface area (Å²) in [7, 11) is 0. The summed E-state index contributed by atoms with van der Waals surface area (Å²) < 4.78 is 54.5. The third-order valence-electron chi connectivity index (χ3n) is 17.3. The number of hydrogen-bond acceptors (Lipinski definition) is 27. The molecule has 93 heavy (non-hydrogen) atoms. The van der Waals surface area contributed by atoms with Gasteiger partial charge in [0.1, 0.15) is 109 Å². The van der Waals surface area contributed by atoms with Gasteiger partial charge >= 0.3 is 0 Å². The van der Waals surface area contributed by atoms with Crippen molar-refractivity contribution in [2.45, 2.75) is 205 Å². The number of carbonyl (C=O) groups excluding carboxylic acids is 5. The number of hydrogen-bond donors (Lipinski definition) is 20. The second-order valence-corrected chi connectivity index (χ2v) is 24.7. The largest absolute Gasteiger partial charge is 0.462 e. The SMILES string of the molecule is CC(c1ccccc1)C(N)C(=O)NC(Cc1ccc(OC2OC(CO)C(OC3OC(CO)C(O)C(O)C3O)C3OC(C)(C)OC23)cc1)C(=O)NC(C(=O)NC(C(=O)NC([C]=O)CO)C(O)C1CN(C2OC(CO)C(O)C3OC(C)(C)OC32)C(=N)N1)C(O)C1CNC(=N)N1. The van der Waals surface area contributed by atoms with Crippen molar-refractivity contribution < 1.29 is 118 Å². The molecule has 7 heterocycles. The first kappa shape index (κ1) is 70.9. The Bertz CT molecular complexity index is 2940. The van der Waals surface area contributed by atoms with Gasteiger partial charge in [-0.2, -0.15) is 0 Å². The van der Waals surface area contributed by atoms with Crippen molar-refractivity contribution in [1.82, 2.24) is 42.1 Å². The van der Waals surface area contributed by atoms with Gasteiger partial charge in [0.05, 0.1) is 44.6 Å². The Hall–Kier alpha value is -6.43. The van der Waals surface area contributed by atoms with Crippen LogP contribution in [0.2, 0.25) is 0 Å². The van der Waals surface area contributed by atoms with E-state index in [4.69, 9.17) is 59.2 Å². The summed E-state index contributed by atoms with van der Waals surface area (Å²) in [6.45, 7) is 4.37. The zero-order valence-corrected chi connectivity index (χ0v) is 51.3. The van der Waals surface area contributed by atoms with Crippen molar-refractivity contribution in [3.8, 4) is 5.75 Å². The minimum Gasteiger partial charge on any atom is -0.462 e. The lowest BCUT2D eigenvalue weighted by molar-refractivity contribution is -0.344. The zero-order valence-electron chi connectivity index (χ0n) is 51.3. The molecule has 7 aliphatic rings. The van der Waals surface area contributed by atoms with Crippen LogP contribution >= 0.6 is 0 Å². The lowest BCUT2D eigenvalue weighted by Gasteiger charge is -2.45. The van der Waals surface area contributed by atoms with Crippen LogP contribution < -0.4 is 47.7 Å². The summed E-state index contributed by atoms with van der Waals surface area (Å²) in [5, 5.41) is 142. The molecular weight excluding hydrogens is 1230 g/mol. The molecule has 2 aromatic rings. The number of ether oxygens (including phenoxy) is 9. The zero-order chi connectivity index (χ0) is 67.5. The summed E-state index contributed by atoms with van der Waals surface area (Å²) in [6.07, 6.45) is -23.2. The number of carbonyl (C=O) groups is 4. The van der Waals surface area contributed by atoms with E-state index in [1.807, 2.05) is 0 Å². The highest BCUT2D eigenvalue weighted by atomic mass is 16.8. The fourth-order valence-electron chi connectivity index (χ4n) is 12.2. The van der Waals surface area contributed by atoms with E-state index >= 15 is 4.79 Å². The van der Waals surface area contributed by atoms with Crippen molar-refractivity contribution in [1.29, 1.82) is 10.8 Å². The lowest BCUT2D eigenvalue weighted by atomic mass is 9.93. The number of aliphatic hydroxyl groups is 10. The second-order valence-electron chi connectivity index (χ2n) is 24.7. The molecule has 9 rings (SSSR count). The maximum atomic E-state index is 15.0. The van der Waals surface area contributed by atoms with Gasteiger partial charge in [-0.25, -0.2) is 0 Å². The lowest BCUT2D eigenvalue weighted by Crippen LogP contribution is -2.67. The molecule has 0 bridgehead atoms. The number of aliphatic hydroxyl groups excluding tert-OH is 10. The first-order valence-corrected chi connectivity index (χ1v) is 30.3. The van der Waals surface area contributed by atoms with E-state index in [2.05, 4.69) is 37.2 Å². The van der Waals surface area contributed by atoms with E-state index in [1.54, 1.807) is 65.0 Å². The minimum absolute atomic E-state index is 0.134. The normalized spacial score (nSPS) is 34.5. The van der Waals surface area contributed by atoms with Crippen molar-refractivity contribution in [3.63, 3.8) is 0 Å². The van der Waals surface area contributed by atoms with E-state index in [-0.39, 0.29) is 31.2 Å². The fourth-order valence-corrected chi connectivity index (χ4v) is 12.2. The Morgan fingerprint density at radius 3 is 1.88 bits per heavy atom. The van der Waals surface area contributed by atoms with Crippen LogP contribution in [0.5, 0.6) is 5.75 Å². The number of nitrogens with zero attached hydrogens (tertiary/aromatic N) is 1. The third-order valence-corrected chi connectivity index (χ3v) is 17.3. The quantitative estimate of drug-likeness (QED) is 0.0416. The Kier molecular flexibility index (Phi) is 22.6. The van der Waals surface area contributed by atoms with Gasteiger partial charge in [-0.1, -0.05) is 49.4 Å². The number of nitrogens with one attached hydrogen (secondary N) is 9. The van der Waals surface area contributed by atoms with Crippen molar-refractivity contribution in [2.24, 2.45) is 5.73 Å². The van der Waals surface area contributed by atoms with Gasteiger partial charge in [0.2, 0.25) is 36.2 Å². The molecule has 35 nitrogen and oxygen atoms in total. The molecule has 2 aromatic carbocycles. The summed E-state index contributed by atoms with van der Waals surface area (Å²) in [5.41, 5.74) is 7.58. The average Bonchev–Trinajstić information content (AvgIpc) is 1.65. The van der Waals surface area contributed by atoms with Gasteiger partial charge < -0.3 is 142 Å². The molecule has 4 amide bonds. The number of benzene rings is 2. The summed E-state index contributed by atoms with van der Waals surface area (Å²) in [4.78, 5) is 71.6. The number of rotatable bonds is 26. The number of nitrogens with two attached hydrogens (primary N) is 1. The summed E-state index contributed by atoms with van der Waals surface area (Å²) in [6, 6.07) is 3.26. The average molecular weight is 1320 g/mol. The molecule has 0 saturated carbocycles. The highest BCUT2D eigenvalue weighted by Crippen LogP contribution is 2.42. The van der Waals surface area contributed by atoms with Crippen LogP contribution in [-0.4, -0.2) is 295 Å². The molecule has 35 heteroatoms. The predicted molar refractivity (Wildman–Crippen MR) is 314 cm³/mol. The molecule has 25 unspecified atom stereocenters. The van der Waals surface area contributed by atoms with E-state index < -0.39 is 220 Å². The van der Waals surface area contributed by atoms with Crippen LogP contribution in [0.25, 0.3) is 0 Å². The first-order valence-electron chi connectivity index (χ1n) is 30.3. The number of fused-ring (bicyclic) bond motifs is 2. The maximum Gasteiger partial charge on any atom is 0.246 e. The first-order chi connectivity index (χ1) is 44.1. The van der Waals surface area contributed by atoms with Crippen LogP contribution in [0.3, 0.4) is 0 Å². The molecule has 7 saturated heterocycles. The molecule has 21 N–H and O–H groups in total. The number of amides is 4. The molecule has 0 aliphatic carbocycles. The minimum atomic E-state index is -2.15. The molecule has 515 valence electrons. The third kappa shape index (κ3) is 15.8. The number of guanidine groups is 2. The van der Waals surface area contributed by atoms with Gasteiger partial charge in [-0.3, -0.25) is 34.8 Å². The van der Waals surface area contributed by atoms with E-state index in [0.29, 0.717) is 11.1 Å². The van der Waals surface area contributed by atoms with Gasteiger partial charge in [-0.15, -0.1) is 0 Å². The van der Waals surface area contributed by atoms with Gasteiger partial charge in [0.15, 0.2) is 42.1 Å². The molecule has 0 aromatic heterocycles. The molecule has 25 atom stereocenters. The van der Waals surface area contributed by atoms with E-state index in [1.165, 1.54) is 35.5 Å². The Labute approximate surface area is 532 Å². The van der Waals surface area contributed by atoms with E-state index in [0.717, 1.165) is 0 Å². The Balaban J connectivity index is 0.964. The maximum absolute atomic E-state index is 15.0. The van der Waals surface area contributed by atoms with Gasteiger partial charge in [0, 0.05) is 25.4 Å². The van der Waals surface area contributed by atoms with Crippen LogP contribution in [0.4, 0.5) is 0 Å². The molecule has 7 fully saturated rings. The van der Waals surface area contributed by atoms with E-state index in [9.17, 15) is 70.2 Å². The summed E-state index contributed by atoms with van der Waals surface area (Å²) in [5.74, 6) is -8.32. The van der Waals surface area contributed by atoms with Crippen LogP contribution in [0.15, 0.2) is 54.6 Å². The smallest absolute Gasteiger partial charge is 0.246 e. The Morgan fingerprint density at radius 2 is 1.27 bits per heavy atom. The van der Waals surface area contributed by atoms with Gasteiger partial charge in [0.25, 0.3) is 0 Å². The monoisotopic (exact) mass is 1320 g/mol. The predicted octanol–water partition coefficient (Wildman–Crippen LogP) is -8.77. The molecule has 0 spiro atoms. The molecular formula is C58H84N11O24. The standard InChI is InChI=1S/C58H84N11O24/c1-23(25-9-7-6-8-10-25)34(59)49(82)64-28(15-24-11-13-27(14-12-24)85-54-47-45(91-58(4,5)93-47)43(33(22-74)88-54)89-53-42(80)41(79)39(77)31(20-72)87-53)48(81)67-35(37(75)29-16-62-55(60)65-29)51(84)68-36(50(83)63-26(18-70)19-71)38(76)30-17-69(56(61)66-30)52-46-44(90-57(2,3)92-46)40(78)32(21-73)86-52/h6-14,23,26,28-47,52-54,70,72-80H,15-18,20-22,59H2,1-5H3,(H2,61,66)(H,63,83)(H,64,82)(H,67,81)(H,68,84)(H3,60,62,65). The van der Waals surface area contributed by atoms with Crippen molar-refractivity contribution >= 4 is 41.8 Å². The van der Waals surface area contributed by atoms with Gasteiger partial charge in [-0.05, 0) is 51.0 Å². The van der Waals surface area contributed by atoms with Crippen molar-refractivity contribution in [2.75, 3.05) is 39.5 Å². The molecule has 1 radical (unpaired) electrons. The highest BCUT2D eigenvalue weighted by Gasteiger charge is 2.60. The highest BCUT2D eigenvalue weighted by molar-refractivity contribution is 5.96. The molecule has 7 aliphatic heterocycles. The Morgan fingerprint density at radius 1 is 0.688 bits per heavy atom. The summed E-state index contributed by atoms with van der Waals surface area (Å²) >= 11 is 0. The second kappa shape index (κ2) is 29.7.